The Bertz CT molecular complexity index is 1010. The number of aliphatic carboxylic acids is 1. The molecular formula is C22H28F3N5O5. The van der Waals surface area contributed by atoms with Crippen LogP contribution in [0, 0.1) is 11.8 Å². The number of carboxylic acids is 1. The first-order valence-corrected chi connectivity index (χ1v) is 11.2. The molecule has 1 fully saturated rings. The molecule has 10 nitrogen and oxygen atoms in total. The van der Waals surface area contributed by atoms with E-state index in [0.717, 1.165) is 12.8 Å². The normalized spacial score (nSPS) is 19.1. The zero-order chi connectivity index (χ0) is 25.6. The molecule has 2 N–H and O–H groups in total. The van der Waals surface area contributed by atoms with Crippen LogP contribution >= 0.6 is 0 Å². The van der Waals surface area contributed by atoms with Gasteiger partial charge in [0.05, 0.1) is 42.8 Å². The van der Waals surface area contributed by atoms with E-state index in [4.69, 9.17) is 9.47 Å². The molecule has 1 saturated carbocycles. The molecule has 1 aliphatic carbocycles. The molecule has 2 aromatic rings. The molecule has 3 atom stereocenters. The van der Waals surface area contributed by atoms with Gasteiger partial charge in [-0.05, 0) is 43.7 Å². The molecule has 3 rings (SSSR count). The molecule has 0 radical (unpaired) electrons. The van der Waals surface area contributed by atoms with Crippen LogP contribution in [0.5, 0.6) is 5.75 Å². The fraction of sp³-hybridized carbons (Fsp3) is 0.591. The number of nitrogens with zero attached hydrogens (tertiary/aromatic N) is 4. The van der Waals surface area contributed by atoms with Crippen molar-refractivity contribution in [2.24, 2.45) is 18.9 Å². The predicted molar refractivity (Wildman–Crippen MR) is 116 cm³/mol. The van der Waals surface area contributed by atoms with Gasteiger partial charge in [0.2, 0.25) is 0 Å². The van der Waals surface area contributed by atoms with Crippen molar-refractivity contribution in [2.45, 2.75) is 57.9 Å². The maximum Gasteiger partial charge on any atom is 0.407 e. The van der Waals surface area contributed by atoms with E-state index in [2.05, 4.69) is 20.6 Å². The van der Waals surface area contributed by atoms with Gasteiger partial charge in [-0.1, -0.05) is 12.1 Å². The van der Waals surface area contributed by atoms with Crippen LogP contribution in [0.2, 0.25) is 0 Å². The number of ether oxygens (including phenoxy) is 2. The number of carboxylic acid groups (broad SMARTS) is 1. The van der Waals surface area contributed by atoms with Crippen molar-refractivity contribution in [3.8, 4) is 17.1 Å². The fourth-order valence-electron chi connectivity index (χ4n) is 3.91. The molecule has 0 aromatic carbocycles. The van der Waals surface area contributed by atoms with Gasteiger partial charge in [0, 0.05) is 13.5 Å². The molecule has 1 aliphatic rings. The minimum atomic E-state index is -4.32. The van der Waals surface area contributed by atoms with Crippen LogP contribution in [-0.4, -0.2) is 56.0 Å². The first-order chi connectivity index (χ1) is 16.5. The Hall–Kier alpha value is -3.38. The number of alkyl halides is 3. The van der Waals surface area contributed by atoms with Crippen molar-refractivity contribution < 1.29 is 37.3 Å². The Kier molecular flexibility index (Phi) is 8.52. The van der Waals surface area contributed by atoms with Gasteiger partial charge in [-0.2, -0.15) is 13.2 Å². The van der Waals surface area contributed by atoms with Crippen LogP contribution in [0.15, 0.2) is 18.3 Å². The number of aromatic nitrogens is 4. The summed E-state index contributed by atoms with van der Waals surface area (Å²) in [5, 5.41) is 19.7. The molecule has 0 aliphatic heterocycles. The smallest absolute Gasteiger partial charge is 0.407 e. The van der Waals surface area contributed by atoms with E-state index in [1.54, 1.807) is 19.2 Å². The second-order valence-electron chi connectivity index (χ2n) is 8.71. The summed E-state index contributed by atoms with van der Waals surface area (Å²) in [5.74, 6) is -1.57. The number of carbonyl (C=O) groups is 2. The molecule has 35 heavy (non-hydrogen) atoms. The largest absolute Gasteiger partial charge is 0.489 e. The lowest BCUT2D eigenvalue weighted by Crippen LogP contribution is -2.29. The quantitative estimate of drug-likeness (QED) is 0.534. The minimum absolute atomic E-state index is 0.0239. The highest BCUT2D eigenvalue weighted by Gasteiger charge is 2.30. The van der Waals surface area contributed by atoms with Crippen molar-refractivity contribution in [2.75, 3.05) is 6.61 Å². The van der Waals surface area contributed by atoms with Gasteiger partial charge in [-0.3, -0.25) is 9.78 Å². The van der Waals surface area contributed by atoms with Crippen molar-refractivity contribution in [3.05, 3.63) is 24.0 Å². The van der Waals surface area contributed by atoms with E-state index in [9.17, 15) is 27.9 Å². The Morgan fingerprint density at radius 3 is 2.74 bits per heavy atom. The number of pyridine rings is 1. The molecular weight excluding hydrogens is 471 g/mol. The zero-order valence-corrected chi connectivity index (χ0v) is 19.4. The summed E-state index contributed by atoms with van der Waals surface area (Å²) in [7, 11) is 1.63. The number of amides is 1. The monoisotopic (exact) mass is 499 g/mol. The Labute approximate surface area is 199 Å². The van der Waals surface area contributed by atoms with E-state index in [1.165, 1.54) is 17.8 Å². The van der Waals surface area contributed by atoms with Crippen molar-refractivity contribution >= 4 is 12.1 Å². The Morgan fingerprint density at radius 2 is 2.09 bits per heavy atom. The molecule has 0 saturated heterocycles. The Morgan fingerprint density at radius 1 is 1.31 bits per heavy atom. The number of alkyl carbamates (subject to hydrolysis) is 1. The van der Waals surface area contributed by atoms with E-state index < -0.39 is 36.5 Å². The van der Waals surface area contributed by atoms with Crippen molar-refractivity contribution in [3.63, 3.8) is 0 Å². The highest BCUT2D eigenvalue weighted by atomic mass is 19.4. The van der Waals surface area contributed by atoms with Crippen LogP contribution in [0.3, 0.4) is 0 Å². The third-order valence-electron chi connectivity index (χ3n) is 5.68. The fourth-order valence-corrected chi connectivity index (χ4v) is 3.91. The van der Waals surface area contributed by atoms with Crippen molar-refractivity contribution in [1.82, 2.24) is 25.3 Å². The molecule has 0 spiro atoms. The van der Waals surface area contributed by atoms with Gasteiger partial charge in [0.15, 0.2) is 0 Å². The summed E-state index contributed by atoms with van der Waals surface area (Å²) >= 11 is 0. The summed E-state index contributed by atoms with van der Waals surface area (Å²) in [6, 6.07) is 3.38. The van der Waals surface area contributed by atoms with Gasteiger partial charge in [-0.25, -0.2) is 9.48 Å². The van der Waals surface area contributed by atoms with E-state index >= 15 is 0 Å². The lowest BCUT2D eigenvalue weighted by atomic mass is 9.87. The van der Waals surface area contributed by atoms with Gasteiger partial charge in [0.25, 0.3) is 0 Å². The summed E-state index contributed by atoms with van der Waals surface area (Å²) in [6.07, 6.45) is -2.24. The highest BCUT2D eigenvalue weighted by Crippen LogP contribution is 2.29. The number of carbonyl (C=O) groups excluding carboxylic acids is 1. The number of halogens is 3. The third kappa shape index (κ3) is 7.82. The molecule has 1 amide bonds. The molecule has 1 unspecified atom stereocenters. The maximum absolute atomic E-state index is 12.4. The summed E-state index contributed by atoms with van der Waals surface area (Å²) in [4.78, 5) is 27.5. The zero-order valence-electron chi connectivity index (χ0n) is 19.4. The van der Waals surface area contributed by atoms with Gasteiger partial charge in [-0.15, -0.1) is 5.10 Å². The Balaban J connectivity index is 1.56. The average molecular weight is 499 g/mol. The molecule has 13 heteroatoms. The highest BCUT2D eigenvalue weighted by molar-refractivity contribution is 5.70. The second kappa shape index (κ2) is 11.4. The summed E-state index contributed by atoms with van der Waals surface area (Å²) in [5.41, 5.74) is 1.40. The molecule has 0 bridgehead atoms. The molecule has 192 valence electrons. The number of aryl methyl sites for hydroxylation is 1. The lowest BCUT2D eigenvalue weighted by molar-refractivity contribution is -0.146. The van der Waals surface area contributed by atoms with Gasteiger partial charge >= 0.3 is 18.2 Å². The predicted octanol–water partition coefficient (Wildman–Crippen LogP) is 3.71. The summed E-state index contributed by atoms with van der Waals surface area (Å²) in [6.45, 7) is 0.963. The van der Waals surface area contributed by atoms with Crippen LogP contribution in [0.25, 0.3) is 11.4 Å². The lowest BCUT2D eigenvalue weighted by Gasteiger charge is -2.27. The number of hydrogen-bond acceptors (Lipinski definition) is 7. The van der Waals surface area contributed by atoms with E-state index in [1.807, 2.05) is 0 Å². The first-order valence-electron chi connectivity index (χ1n) is 11.2. The average Bonchev–Trinajstić information content (AvgIpc) is 3.16. The third-order valence-corrected chi connectivity index (χ3v) is 5.68. The number of hydrogen-bond donors (Lipinski definition) is 2. The first kappa shape index (κ1) is 26.2. The molecule has 2 aromatic heterocycles. The van der Waals surface area contributed by atoms with Gasteiger partial charge < -0.3 is 19.9 Å². The SMILES string of the molecule is CC(COC(=O)NCc1c(-c2ccc(O[C@H]3CCC[C@H](C(=O)O)C3)cn2)nnn1C)CC(F)(F)F. The molecule has 2 heterocycles. The van der Waals surface area contributed by atoms with Crippen molar-refractivity contribution in [1.29, 1.82) is 0 Å². The van der Waals surface area contributed by atoms with E-state index in [0.29, 0.717) is 35.7 Å². The standard InChI is InChI=1S/C22H28F3N5O5/c1-13(9-22(23,24)25)12-34-21(33)27-11-18-19(28-29-30(18)2)17-7-6-16(10-26-17)35-15-5-3-4-14(8-15)20(31)32/h6-7,10,13-15H,3-5,8-9,11-12H2,1-2H3,(H,27,33)(H,31,32)/t13?,14-,15-/m0/s1. The van der Waals surface area contributed by atoms with Crippen LogP contribution in [0.4, 0.5) is 18.0 Å². The van der Waals surface area contributed by atoms with Crippen LogP contribution in [-0.2, 0) is 23.1 Å². The second-order valence-corrected chi connectivity index (χ2v) is 8.71. The topological polar surface area (TPSA) is 128 Å². The van der Waals surface area contributed by atoms with Crippen LogP contribution < -0.4 is 10.1 Å². The summed E-state index contributed by atoms with van der Waals surface area (Å²) < 4.78 is 49.4. The van der Waals surface area contributed by atoms with E-state index in [-0.39, 0.29) is 19.3 Å². The minimum Gasteiger partial charge on any atom is -0.489 e. The number of nitrogens with one attached hydrogen (secondary N) is 1. The van der Waals surface area contributed by atoms with Gasteiger partial charge in [0.1, 0.15) is 11.4 Å². The van der Waals surface area contributed by atoms with Crippen LogP contribution in [0.1, 0.15) is 44.7 Å². The maximum atomic E-state index is 12.4. The number of rotatable bonds is 9.